The molecule has 6 heteroatoms. The molecule has 2 amide bonds. The van der Waals surface area contributed by atoms with Gasteiger partial charge >= 0.3 is 6.03 Å². The van der Waals surface area contributed by atoms with Crippen molar-refractivity contribution >= 4 is 6.03 Å². The lowest BCUT2D eigenvalue weighted by atomic mass is 9.84. The summed E-state index contributed by atoms with van der Waals surface area (Å²) in [6.07, 6.45) is 0. The Balaban J connectivity index is 1.92. The second-order valence-electron chi connectivity index (χ2n) is 6.58. The zero-order valence-electron chi connectivity index (χ0n) is 15.6. The fourth-order valence-corrected chi connectivity index (χ4v) is 2.64. The number of hydrogen-bond acceptors (Lipinski definition) is 3. The van der Waals surface area contributed by atoms with Crippen molar-refractivity contribution in [1.29, 1.82) is 0 Å². The van der Waals surface area contributed by atoms with Gasteiger partial charge in [-0.2, -0.15) is 0 Å². The lowest BCUT2D eigenvalue weighted by Gasteiger charge is -2.26. The Morgan fingerprint density at radius 2 is 1.81 bits per heavy atom. The Labute approximate surface area is 153 Å². The molecule has 0 radical (unpaired) electrons. The zero-order valence-corrected chi connectivity index (χ0v) is 15.6. The highest BCUT2D eigenvalue weighted by molar-refractivity contribution is 5.74. The lowest BCUT2D eigenvalue weighted by molar-refractivity contribution is 0.237. The number of nitrogens with one attached hydrogen (secondary N) is 2. The van der Waals surface area contributed by atoms with Crippen LogP contribution in [0.5, 0.6) is 11.5 Å². The molecule has 0 saturated carbocycles. The molecule has 0 bridgehead atoms. The highest BCUT2D eigenvalue weighted by atomic mass is 19.1. The van der Waals surface area contributed by atoms with Crippen LogP contribution >= 0.6 is 0 Å². The SMILES string of the molecule is COc1ccc(CNC(=O)NCC(C)(C)c2ccccc2F)c(OC)c1. The fraction of sp³-hybridized carbons (Fsp3) is 0.350. The first kappa shape index (κ1) is 19.6. The third-order valence-corrected chi connectivity index (χ3v) is 4.23. The van der Waals surface area contributed by atoms with E-state index in [1.807, 2.05) is 19.9 Å². The van der Waals surface area contributed by atoms with Crippen LogP contribution in [0.2, 0.25) is 0 Å². The molecule has 0 aliphatic rings. The number of urea groups is 1. The van der Waals surface area contributed by atoms with Crippen LogP contribution in [0.1, 0.15) is 25.0 Å². The maximum absolute atomic E-state index is 14.0. The van der Waals surface area contributed by atoms with Gasteiger partial charge in [-0.1, -0.05) is 32.0 Å². The van der Waals surface area contributed by atoms with Crippen molar-refractivity contribution in [1.82, 2.24) is 10.6 Å². The zero-order chi connectivity index (χ0) is 19.2. The van der Waals surface area contributed by atoms with E-state index in [2.05, 4.69) is 10.6 Å². The Kier molecular flexibility index (Phi) is 6.44. The van der Waals surface area contributed by atoms with Gasteiger partial charge in [0.05, 0.1) is 14.2 Å². The van der Waals surface area contributed by atoms with Crippen molar-refractivity contribution in [2.75, 3.05) is 20.8 Å². The number of amides is 2. The van der Waals surface area contributed by atoms with Crippen molar-refractivity contribution in [3.63, 3.8) is 0 Å². The molecule has 2 aromatic carbocycles. The van der Waals surface area contributed by atoms with Gasteiger partial charge in [0.2, 0.25) is 0 Å². The van der Waals surface area contributed by atoms with E-state index in [9.17, 15) is 9.18 Å². The minimum absolute atomic E-state index is 0.275. The van der Waals surface area contributed by atoms with Gasteiger partial charge in [-0.25, -0.2) is 9.18 Å². The van der Waals surface area contributed by atoms with E-state index in [1.165, 1.54) is 6.07 Å². The molecule has 26 heavy (non-hydrogen) atoms. The lowest BCUT2D eigenvalue weighted by Crippen LogP contribution is -2.42. The van der Waals surface area contributed by atoms with Crippen LogP contribution in [-0.4, -0.2) is 26.8 Å². The molecular weight excluding hydrogens is 335 g/mol. The molecule has 2 rings (SSSR count). The smallest absolute Gasteiger partial charge is 0.315 e. The topological polar surface area (TPSA) is 59.6 Å². The predicted molar refractivity (Wildman–Crippen MR) is 99.2 cm³/mol. The third-order valence-electron chi connectivity index (χ3n) is 4.23. The van der Waals surface area contributed by atoms with Gasteiger partial charge in [0.15, 0.2) is 0 Å². The summed E-state index contributed by atoms with van der Waals surface area (Å²) in [6, 6.07) is 11.7. The number of carbonyl (C=O) groups is 1. The number of ether oxygens (including phenoxy) is 2. The molecule has 0 spiro atoms. The molecule has 0 saturated heterocycles. The van der Waals surface area contributed by atoms with Gasteiger partial charge in [-0.3, -0.25) is 0 Å². The molecule has 0 fully saturated rings. The summed E-state index contributed by atoms with van der Waals surface area (Å²) in [4.78, 5) is 12.1. The molecule has 0 heterocycles. The van der Waals surface area contributed by atoms with Crippen LogP contribution in [0.25, 0.3) is 0 Å². The van der Waals surface area contributed by atoms with Gasteiger partial charge in [0.1, 0.15) is 17.3 Å². The summed E-state index contributed by atoms with van der Waals surface area (Å²) < 4.78 is 24.4. The number of benzene rings is 2. The van der Waals surface area contributed by atoms with Gasteiger partial charge in [-0.05, 0) is 23.8 Å². The molecule has 0 aliphatic carbocycles. The molecule has 5 nitrogen and oxygen atoms in total. The summed E-state index contributed by atoms with van der Waals surface area (Å²) in [5.41, 5.74) is 0.870. The van der Waals surface area contributed by atoms with Crippen molar-refractivity contribution in [2.24, 2.45) is 0 Å². The number of hydrogen-bond donors (Lipinski definition) is 2. The van der Waals surface area contributed by atoms with Crippen molar-refractivity contribution < 1.29 is 18.7 Å². The summed E-state index contributed by atoms with van der Waals surface area (Å²) in [5.74, 6) is 1.04. The summed E-state index contributed by atoms with van der Waals surface area (Å²) in [5, 5.41) is 5.58. The Bertz CT molecular complexity index is 762. The molecule has 0 aromatic heterocycles. The van der Waals surface area contributed by atoms with Crippen molar-refractivity contribution in [3.8, 4) is 11.5 Å². The van der Waals surface area contributed by atoms with Crippen LogP contribution < -0.4 is 20.1 Å². The first-order chi connectivity index (χ1) is 12.4. The average molecular weight is 360 g/mol. The Morgan fingerprint density at radius 1 is 1.08 bits per heavy atom. The molecule has 0 unspecified atom stereocenters. The molecule has 0 aliphatic heterocycles. The van der Waals surface area contributed by atoms with Crippen molar-refractivity contribution in [2.45, 2.75) is 25.8 Å². The molecule has 2 N–H and O–H groups in total. The third kappa shape index (κ3) is 4.88. The molecule has 2 aromatic rings. The Morgan fingerprint density at radius 3 is 2.46 bits per heavy atom. The van der Waals surface area contributed by atoms with Gasteiger partial charge in [0, 0.05) is 30.1 Å². The van der Waals surface area contributed by atoms with E-state index >= 15 is 0 Å². The minimum atomic E-state index is -0.527. The van der Waals surface area contributed by atoms with E-state index in [4.69, 9.17) is 9.47 Å². The number of carbonyl (C=O) groups excluding carboxylic acids is 1. The normalized spacial score (nSPS) is 11.0. The van der Waals surface area contributed by atoms with Gasteiger partial charge < -0.3 is 20.1 Å². The van der Waals surface area contributed by atoms with Crippen LogP contribution in [0.4, 0.5) is 9.18 Å². The minimum Gasteiger partial charge on any atom is -0.497 e. The maximum atomic E-state index is 14.0. The van der Waals surface area contributed by atoms with Gasteiger partial charge in [0.25, 0.3) is 0 Å². The number of rotatable bonds is 7. The Hall–Kier alpha value is -2.76. The van der Waals surface area contributed by atoms with Crippen LogP contribution in [0, 0.1) is 5.82 Å². The second kappa shape index (κ2) is 8.56. The summed E-state index contributed by atoms with van der Waals surface area (Å²) >= 11 is 0. The average Bonchev–Trinajstić information content (AvgIpc) is 2.64. The predicted octanol–water partition coefficient (Wildman–Crippen LogP) is 3.62. The first-order valence-corrected chi connectivity index (χ1v) is 8.35. The van der Waals surface area contributed by atoms with E-state index in [-0.39, 0.29) is 11.8 Å². The standard InChI is InChI=1S/C20H25FN2O3/c1-20(2,16-7-5-6-8-17(16)21)13-23-19(24)22-12-14-9-10-15(25-3)11-18(14)26-4/h5-11H,12-13H2,1-4H3,(H2,22,23,24). The number of halogens is 1. The fourth-order valence-electron chi connectivity index (χ4n) is 2.64. The first-order valence-electron chi connectivity index (χ1n) is 8.35. The van der Waals surface area contributed by atoms with Crippen LogP contribution in [0.3, 0.4) is 0 Å². The maximum Gasteiger partial charge on any atom is 0.315 e. The number of methoxy groups -OCH3 is 2. The molecule has 140 valence electrons. The van der Waals surface area contributed by atoms with E-state index in [1.54, 1.807) is 44.6 Å². The summed E-state index contributed by atoms with van der Waals surface area (Å²) in [7, 11) is 3.15. The van der Waals surface area contributed by atoms with Crippen molar-refractivity contribution in [3.05, 3.63) is 59.4 Å². The quantitative estimate of drug-likeness (QED) is 0.793. The van der Waals surface area contributed by atoms with E-state index < -0.39 is 5.41 Å². The summed E-state index contributed by atoms with van der Waals surface area (Å²) in [6.45, 7) is 4.38. The monoisotopic (exact) mass is 360 g/mol. The van der Waals surface area contributed by atoms with Crippen LogP contribution in [-0.2, 0) is 12.0 Å². The van der Waals surface area contributed by atoms with E-state index in [0.29, 0.717) is 30.2 Å². The van der Waals surface area contributed by atoms with Gasteiger partial charge in [-0.15, -0.1) is 0 Å². The molecular formula is C20H25FN2O3. The highest BCUT2D eigenvalue weighted by Gasteiger charge is 2.24. The largest absolute Gasteiger partial charge is 0.497 e. The highest BCUT2D eigenvalue weighted by Crippen LogP contribution is 2.25. The molecule has 0 atom stereocenters. The van der Waals surface area contributed by atoms with Crippen LogP contribution in [0.15, 0.2) is 42.5 Å². The second-order valence-corrected chi connectivity index (χ2v) is 6.58. The van der Waals surface area contributed by atoms with E-state index in [0.717, 1.165) is 5.56 Å².